The van der Waals surface area contributed by atoms with E-state index in [2.05, 4.69) is 30.2 Å². The number of nitrogens with one attached hydrogen (secondary N) is 1. The molecule has 4 heterocycles. The Morgan fingerprint density at radius 1 is 1.05 bits per heavy atom. The fourth-order valence-corrected chi connectivity index (χ4v) is 5.26. The minimum Gasteiger partial charge on any atom is -0.385 e. The fourth-order valence-electron chi connectivity index (χ4n) is 5.26. The average molecular weight is 540 g/mol. The molecule has 39 heavy (non-hydrogen) atoms. The quantitative estimate of drug-likeness (QED) is 0.313. The number of alkyl halides is 1. The van der Waals surface area contributed by atoms with Crippen LogP contribution in [0.3, 0.4) is 0 Å². The van der Waals surface area contributed by atoms with E-state index in [4.69, 9.17) is 0 Å². The van der Waals surface area contributed by atoms with Crippen molar-refractivity contribution < 1.29 is 18.3 Å². The Morgan fingerprint density at radius 2 is 1.79 bits per heavy atom. The normalized spacial score (nSPS) is 16.6. The molecular weight excluding hydrogens is 507 g/mol. The Labute approximate surface area is 224 Å². The summed E-state index contributed by atoms with van der Waals surface area (Å²) in [7, 11) is 0. The van der Waals surface area contributed by atoms with Crippen molar-refractivity contribution in [2.45, 2.75) is 58.4 Å². The monoisotopic (exact) mass is 539 g/mol. The second-order valence-corrected chi connectivity index (χ2v) is 10.3. The third-order valence-electron chi connectivity index (χ3n) is 7.43. The number of nitrogens with zero attached hydrogens (tertiary/aromatic N) is 6. The largest absolute Gasteiger partial charge is 0.385 e. The van der Waals surface area contributed by atoms with Gasteiger partial charge in [-0.15, -0.1) is 0 Å². The number of fused-ring (bicyclic) bond motifs is 1. The molecule has 4 aromatic rings. The summed E-state index contributed by atoms with van der Waals surface area (Å²) in [6, 6.07) is 6.07. The Bertz CT molecular complexity index is 1480. The maximum Gasteiger partial charge on any atom is 0.229 e. The highest BCUT2D eigenvalue weighted by Gasteiger charge is 2.41. The van der Waals surface area contributed by atoms with Crippen molar-refractivity contribution in [3.05, 3.63) is 59.7 Å². The molecule has 0 saturated carbocycles. The number of aromatic nitrogens is 5. The second-order valence-electron chi connectivity index (χ2n) is 10.3. The van der Waals surface area contributed by atoms with Crippen molar-refractivity contribution in [1.82, 2.24) is 29.4 Å². The topological polar surface area (TPSA) is 92.0 Å². The second kappa shape index (κ2) is 10.5. The van der Waals surface area contributed by atoms with Crippen molar-refractivity contribution in [3.63, 3.8) is 0 Å². The van der Waals surface area contributed by atoms with Gasteiger partial charge in [-0.25, -0.2) is 33.1 Å². The first-order valence-corrected chi connectivity index (χ1v) is 13.1. The number of likely N-dealkylation sites (tertiary alicyclic amines) is 1. The van der Waals surface area contributed by atoms with Crippen molar-refractivity contribution in [2.75, 3.05) is 25.0 Å². The van der Waals surface area contributed by atoms with E-state index < -0.39 is 23.4 Å². The molecular formula is C28H32F3N7O. The molecule has 1 aliphatic heterocycles. The van der Waals surface area contributed by atoms with E-state index >= 15 is 4.39 Å². The van der Waals surface area contributed by atoms with Gasteiger partial charge in [0.05, 0.1) is 11.7 Å². The lowest BCUT2D eigenvalue weighted by molar-refractivity contribution is -0.0517. The molecule has 1 aliphatic rings. The highest BCUT2D eigenvalue weighted by molar-refractivity contribution is 5.83. The Kier molecular flexibility index (Phi) is 7.30. The summed E-state index contributed by atoms with van der Waals surface area (Å²) in [4.78, 5) is 19.0. The molecule has 3 aromatic heterocycles. The van der Waals surface area contributed by atoms with Gasteiger partial charge < -0.3 is 19.9 Å². The lowest BCUT2D eigenvalue weighted by Gasteiger charge is -2.38. The van der Waals surface area contributed by atoms with Gasteiger partial charge in [-0.1, -0.05) is 13.0 Å². The van der Waals surface area contributed by atoms with Gasteiger partial charge in [0.25, 0.3) is 0 Å². The first kappa shape index (κ1) is 27.0. The van der Waals surface area contributed by atoms with Crippen molar-refractivity contribution in [2.24, 2.45) is 0 Å². The van der Waals surface area contributed by atoms with Crippen molar-refractivity contribution >= 4 is 22.8 Å². The lowest BCUT2D eigenvalue weighted by atomic mass is 9.85. The summed E-state index contributed by atoms with van der Waals surface area (Å²) < 4.78 is 47.1. The summed E-state index contributed by atoms with van der Waals surface area (Å²) in [6.07, 6.45) is 1.62. The predicted molar refractivity (Wildman–Crippen MR) is 143 cm³/mol. The SMILES string of the molecule is CCN1CCC(F)(C(O)c2ccc(Nc3ncc(F)c(-c4cc(F)c5nc(C)n(C(C)C)c5c4)n3)nc2)CC1. The van der Waals surface area contributed by atoms with Crippen LogP contribution in [0.15, 0.2) is 36.7 Å². The van der Waals surface area contributed by atoms with Crippen molar-refractivity contribution in [1.29, 1.82) is 0 Å². The van der Waals surface area contributed by atoms with Gasteiger partial charge in [-0.3, -0.25) is 0 Å². The Hall–Kier alpha value is -3.57. The minimum absolute atomic E-state index is 0.0288. The highest BCUT2D eigenvalue weighted by Crippen LogP contribution is 2.38. The number of hydrogen-bond donors (Lipinski definition) is 2. The number of halogens is 3. The molecule has 0 amide bonds. The van der Waals surface area contributed by atoms with Gasteiger partial charge >= 0.3 is 0 Å². The molecule has 0 aliphatic carbocycles. The zero-order valence-electron chi connectivity index (χ0n) is 22.4. The lowest BCUT2D eigenvalue weighted by Crippen LogP contribution is -2.45. The van der Waals surface area contributed by atoms with E-state index in [-0.39, 0.29) is 41.6 Å². The van der Waals surface area contributed by atoms with Crippen LogP contribution < -0.4 is 5.32 Å². The number of piperidine rings is 1. The molecule has 8 nitrogen and oxygen atoms in total. The number of aliphatic hydroxyl groups excluding tert-OH is 1. The van der Waals surface area contributed by atoms with Crippen LogP contribution in [0.5, 0.6) is 0 Å². The van der Waals surface area contributed by atoms with E-state index in [0.717, 1.165) is 12.7 Å². The van der Waals surface area contributed by atoms with Crippen LogP contribution in [0, 0.1) is 18.6 Å². The summed E-state index contributed by atoms with van der Waals surface area (Å²) in [5.74, 6) is -0.242. The van der Waals surface area contributed by atoms with Gasteiger partial charge in [-0.05, 0) is 58.4 Å². The average Bonchev–Trinajstić information content (AvgIpc) is 3.27. The number of anilines is 2. The Morgan fingerprint density at radius 3 is 2.44 bits per heavy atom. The summed E-state index contributed by atoms with van der Waals surface area (Å²) in [5, 5.41) is 13.6. The maximum atomic E-state index is 15.4. The molecule has 206 valence electrons. The molecule has 0 spiro atoms. The van der Waals surface area contributed by atoms with Crippen LogP contribution >= 0.6 is 0 Å². The van der Waals surface area contributed by atoms with Crippen LogP contribution in [0.2, 0.25) is 0 Å². The van der Waals surface area contributed by atoms with Gasteiger partial charge in [0.15, 0.2) is 11.6 Å². The molecule has 1 aromatic carbocycles. The smallest absolute Gasteiger partial charge is 0.229 e. The maximum absolute atomic E-state index is 15.4. The molecule has 5 rings (SSSR count). The first-order valence-electron chi connectivity index (χ1n) is 13.1. The van der Waals surface area contributed by atoms with Crippen LogP contribution in [0.25, 0.3) is 22.3 Å². The summed E-state index contributed by atoms with van der Waals surface area (Å²) in [6.45, 7) is 9.80. The third-order valence-corrected chi connectivity index (χ3v) is 7.43. The van der Waals surface area contributed by atoms with E-state index in [9.17, 15) is 13.9 Å². The van der Waals surface area contributed by atoms with Crippen LogP contribution in [-0.2, 0) is 0 Å². The van der Waals surface area contributed by atoms with Crippen LogP contribution in [0.1, 0.15) is 57.1 Å². The molecule has 1 atom stereocenters. The van der Waals surface area contributed by atoms with Crippen molar-refractivity contribution in [3.8, 4) is 11.3 Å². The molecule has 1 fully saturated rings. The molecule has 0 radical (unpaired) electrons. The Balaban J connectivity index is 1.38. The minimum atomic E-state index is -1.71. The van der Waals surface area contributed by atoms with E-state index in [1.54, 1.807) is 25.1 Å². The zero-order valence-corrected chi connectivity index (χ0v) is 22.4. The number of aryl methyl sites for hydroxylation is 1. The number of hydrogen-bond acceptors (Lipinski definition) is 7. The summed E-state index contributed by atoms with van der Waals surface area (Å²) in [5.41, 5.74) is -0.403. The van der Waals surface area contributed by atoms with Gasteiger partial charge in [0.2, 0.25) is 5.95 Å². The predicted octanol–water partition coefficient (Wildman–Crippen LogP) is 5.66. The van der Waals surface area contributed by atoms with E-state index in [0.29, 0.717) is 35.8 Å². The summed E-state index contributed by atoms with van der Waals surface area (Å²) >= 11 is 0. The molecule has 0 bridgehead atoms. The number of benzene rings is 1. The standard InChI is InChI=1S/C28H32F3N7O/c1-5-37-10-8-28(31,9-11-37)26(39)18-6-7-23(32-14-18)35-27-33-15-21(30)24(36-27)19-12-20(29)25-22(13-19)38(16(2)3)17(4)34-25/h6-7,12-16,26,39H,5,8-11H2,1-4H3,(H,32,33,35,36). The first-order chi connectivity index (χ1) is 18.6. The highest BCUT2D eigenvalue weighted by atomic mass is 19.1. The van der Waals surface area contributed by atoms with Gasteiger partial charge in [0, 0.05) is 36.5 Å². The van der Waals surface area contributed by atoms with E-state index in [1.165, 1.54) is 12.3 Å². The number of pyridine rings is 1. The number of rotatable bonds is 7. The zero-order chi connectivity index (χ0) is 27.9. The molecule has 1 unspecified atom stereocenters. The van der Waals surface area contributed by atoms with Gasteiger partial charge in [-0.2, -0.15) is 0 Å². The van der Waals surface area contributed by atoms with Crippen LogP contribution in [0.4, 0.5) is 24.9 Å². The fraction of sp³-hybridized carbons (Fsp3) is 0.429. The molecule has 2 N–H and O–H groups in total. The van der Waals surface area contributed by atoms with Gasteiger partial charge in [0.1, 0.15) is 34.6 Å². The van der Waals surface area contributed by atoms with Crippen LogP contribution in [-0.4, -0.2) is 59.8 Å². The molecule has 11 heteroatoms. The molecule has 1 saturated heterocycles. The number of aliphatic hydroxyl groups is 1. The third kappa shape index (κ3) is 5.20. The van der Waals surface area contributed by atoms with E-state index in [1.807, 2.05) is 25.3 Å². The number of imidazole rings is 1.